The third-order valence-electron chi connectivity index (χ3n) is 3.12. The molecule has 0 unspecified atom stereocenters. The van der Waals surface area contributed by atoms with Crippen molar-refractivity contribution in [1.29, 1.82) is 5.26 Å². The summed E-state index contributed by atoms with van der Waals surface area (Å²) in [5.41, 5.74) is 1.29. The number of esters is 1. The molecule has 0 saturated heterocycles. The van der Waals surface area contributed by atoms with E-state index in [-0.39, 0.29) is 10.6 Å². The Morgan fingerprint density at radius 1 is 1.32 bits per heavy atom. The standard InChI is InChI=1S/C17H12ClFN2O3S/c1-10-6-12(25-9-20)3-5-15(10)21-16(22)8-24-17(23)13-4-2-11(19)7-14(13)18/h2-7H,8H2,1H3,(H,21,22). The molecule has 2 aromatic rings. The lowest BCUT2D eigenvalue weighted by Crippen LogP contribution is -2.21. The number of hydrogen-bond donors (Lipinski definition) is 1. The van der Waals surface area contributed by atoms with Gasteiger partial charge in [0.1, 0.15) is 11.2 Å². The molecule has 128 valence electrons. The molecule has 0 aromatic heterocycles. The predicted molar refractivity (Wildman–Crippen MR) is 93.0 cm³/mol. The molecule has 0 aliphatic heterocycles. The van der Waals surface area contributed by atoms with Crippen LogP contribution in [0.15, 0.2) is 41.3 Å². The van der Waals surface area contributed by atoms with Gasteiger partial charge >= 0.3 is 5.97 Å². The summed E-state index contributed by atoms with van der Waals surface area (Å²) in [6.07, 6.45) is 0. The molecule has 0 atom stereocenters. The van der Waals surface area contributed by atoms with Gasteiger partial charge in [-0.2, -0.15) is 5.26 Å². The molecule has 2 aromatic carbocycles. The smallest absolute Gasteiger partial charge is 0.340 e. The normalized spacial score (nSPS) is 10.0. The number of amides is 1. The first kappa shape index (κ1) is 18.8. The zero-order valence-corrected chi connectivity index (χ0v) is 14.6. The van der Waals surface area contributed by atoms with Crippen LogP contribution in [0.3, 0.4) is 0 Å². The van der Waals surface area contributed by atoms with Crippen molar-refractivity contribution >= 4 is 40.9 Å². The lowest BCUT2D eigenvalue weighted by molar-refractivity contribution is -0.119. The van der Waals surface area contributed by atoms with E-state index < -0.39 is 24.3 Å². The van der Waals surface area contributed by atoms with Crippen LogP contribution in [0.2, 0.25) is 5.02 Å². The number of anilines is 1. The van der Waals surface area contributed by atoms with E-state index in [1.54, 1.807) is 25.1 Å². The third-order valence-corrected chi connectivity index (χ3v) is 4.01. The number of carbonyl (C=O) groups excluding carboxylic acids is 2. The van der Waals surface area contributed by atoms with Crippen LogP contribution in [-0.2, 0) is 9.53 Å². The Morgan fingerprint density at radius 3 is 2.72 bits per heavy atom. The number of rotatable bonds is 5. The fraction of sp³-hybridized carbons (Fsp3) is 0.118. The molecule has 0 aliphatic rings. The lowest BCUT2D eigenvalue weighted by atomic mass is 10.2. The molecule has 0 heterocycles. The lowest BCUT2D eigenvalue weighted by Gasteiger charge is -2.10. The average Bonchev–Trinajstić information content (AvgIpc) is 2.55. The van der Waals surface area contributed by atoms with Crippen LogP contribution in [0.4, 0.5) is 10.1 Å². The van der Waals surface area contributed by atoms with Crippen molar-refractivity contribution in [2.75, 3.05) is 11.9 Å². The van der Waals surface area contributed by atoms with Crippen LogP contribution in [0.25, 0.3) is 0 Å². The minimum absolute atomic E-state index is 0.0232. The third kappa shape index (κ3) is 5.21. The molecule has 0 aliphatic carbocycles. The van der Waals surface area contributed by atoms with Gasteiger partial charge in [-0.05, 0) is 60.6 Å². The molecule has 8 heteroatoms. The number of thioether (sulfide) groups is 1. The van der Waals surface area contributed by atoms with Gasteiger partial charge in [0.2, 0.25) is 0 Å². The zero-order chi connectivity index (χ0) is 18.4. The van der Waals surface area contributed by atoms with Crippen LogP contribution >= 0.6 is 23.4 Å². The van der Waals surface area contributed by atoms with Crippen LogP contribution in [-0.4, -0.2) is 18.5 Å². The molecule has 0 fully saturated rings. The SMILES string of the molecule is Cc1cc(SC#N)ccc1NC(=O)COC(=O)c1ccc(F)cc1Cl. The van der Waals surface area contributed by atoms with Crippen molar-refractivity contribution in [3.63, 3.8) is 0 Å². The van der Waals surface area contributed by atoms with E-state index in [0.29, 0.717) is 5.69 Å². The van der Waals surface area contributed by atoms with Gasteiger partial charge in [0.25, 0.3) is 5.91 Å². The van der Waals surface area contributed by atoms with E-state index in [1.165, 1.54) is 6.07 Å². The Balaban J connectivity index is 1.94. The van der Waals surface area contributed by atoms with Gasteiger partial charge in [-0.15, -0.1) is 0 Å². The summed E-state index contributed by atoms with van der Waals surface area (Å²) < 4.78 is 17.8. The molecule has 0 spiro atoms. The number of ether oxygens (including phenoxy) is 1. The van der Waals surface area contributed by atoms with E-state index in [0.717, 1.165) is 34.4 Å². The number of hydrogen-bond acceptors (Lipinski definition) is 5. The summed E-state index contributed by atoms with van der Waals surface area (Å²) in [6, 6.07) is 8.36. The van der Waals surface area contributed by atoms with Gasteiger partial charge in [-0.25, -0.2) is 9.18 Å². The molecule has 2 rings (SSSR count). The highest BCUT2D eigenvalue weighted by Crippen LogP contribution is 2.23. The fourth-order valence-corrected chi connectivity index (χ4v) is 2.66. The van der Waals surface area contributed by atoms with Crippen molar-refractivity contribution in [3.8, 4) is 5.40 Å². The summed E-state index contributed by atoms with van der Waals surface area (Å²) in [4.78, 5) is 24.5. The number of carbonyl (C=O) groups is 2. The molecule has 1 N–H and O–H groups in total. The minimum atomic E-state index is -0.822. The van der Waals surface area contributed by atoms with Crippen molar-refractivity contribution in [2.45, 2.75) is 11.8 Å². The number of thiocyanates is 1. The molecule has 0 bridgehead atoms. The summed E-state index contributed by atoms with van der Waals surface area (Å²) in [5, 5.41) is 13.1. The van der Waals surface area contributed by atoms with E-state index in [4.69, 9.17) is 21.6 Å². The number of nitrogens with one attached hydrogen (secondary N) is 1. The molecule has 0 saturated carbocycles. The predicted octanol–water partition coefficient (Wildman–Crippen LogP) is 4.16. The van der Waals surface area contributed by atoms with E-state index in [1.807, 2.05) is 5.40 Å². The zero-order valence-electron chi connectivity index (χ0n) is 13.0. The van der Waals surface area contributed by atoms with Gasteiger partial charge in [-0.3, -0.25) is 4.79 Å². The number of halogens is 2. The monoisotopic (exact) mass is 378 g/mol. The maximum Gasteiger partial charge on any atom is 0.340 e. The maximum atomic E-state index is 13.0. The second-order valence-electron chi connectivity index (χ2n) is 4.92. The van der Waals surface area contributed by atoms with Crippen LogP contribution in [0.1, 0.15) is 15.9 Å². The Labute approximate surface area is 152 Å². The Bertz CT molecular complexity index is 867. The molecular weight excluding hydrogens is 367 g/mol. The number of nitrogens with zero attached hydrogens (tertiary/aromatic N) is 1. The first-order valence-corrected chi connectivity index (χ1v) is 8.18. The van der Waals surface area contributed by atoms with Crippen molar-refractivity contribution in [1.82, 2.24) is 0 Å². The Kier molecular flexibility index (Phi) is 6.39. The highest BCUT2D eigenvalue weighted by molar-refractivity contribution is 8.03. The van der Waals surface area contributed by atoms with Gasteiger partial charge in [0.05, 0.1) is 10.6 Å². The highest BCUT2D eigenvalue weighted by Gasteiger charge is 2.15. The topological polar surface area (TPSA) is 79.2 Å². The number of nitriles is 1. The fourth-order valence-electron chi connectivity index (χ4n) is 1.94. The maximum absolute atomic E-state index is 13.0. The largest absolute Gasteiger partial charge is 0.452 e. The van der Waals surface area contributed by atoms with Gasteiger partial charge in [0, 0.05) is 10.6 Å². The second kappa shape index (κ2) is 8.51. The van der Waals surface area contributed by atoms with Crippen molar-refractivity contribution in [2.24, 2.45) is 0 Å². The summed E-state index contributed by atoms with van der Waals surface area (Å²) in [6.45, 7) is 1.27. The molecule has 0 radical (unpaired) electrons. The number of aryl methyl sites for hydroxylation is 1. The molecule has 5 nitrogen and oxygen atoms in total. The van der Waals surface area contributed by atoms with Crippen molar-refractivity contribution < 1.29 is 18.7 Å². The highest BCUT2D eigenvalue weighted by atomic mass is 35.5. The first-order chi connectivity index (χ1) is 11.9. The van der Waals surface area contributed by atoms with Gasteiger partial charge < -0.3 is 10.1 Å². The summed E-state index contributed by atoms with van der Waals surface area (Å²) in [5.74, 6) is -1.93. The quantitative estimate of drug-likeness (QED) is 0.480. The average molecular weight is 379 g/mol. The Hall–Kier alpha value is -2.56. The first-order valence-electron chi connectivity index (χ1n) is 6.99. The minimum Gasteiger partial charge on any atom is -0.452 e. The van der Waals surface area contributed by atoms with Crippen molar-refractivity contribution in [3.05, 3.63) is 58.4 Å². The molecule has 1 amide bonds. The van der Waals surface area contributed by atoms with E-state index in [9.17, 15) is 14.0 Å². The molecular formula is C17H12ClFN2O3S. The van der Waals surface area contributed by atoms with E-state index in [2.05, 4.69) is 5.32 Å². The Morgan fingerprint density at radius 2 is 2.08 bits per heavy atom. The van der Waals surface area contributed by atoms with Gasteiger partial charge in [-0.1, -0.05) is 11.6 Å². The second-order valence-corrected chi connectivity index (χ2v) is 6.18. The summed E-state index contributed by atoms with van der Waals surface area (Å²) in [7, 11) is 0. The van der Waals surface area contributed by atoms with Gasteiger partial charge in [0.15, 0.2) is 6.61 Å². The van der Waals surface area contributed by atoms with E-state index >= 15 is 0 Å². The van der Waals surface area contributed by atoms with Crippen LogP contribution < -0.4 is 5.32 Å². The van der Waals surface area contributed by atoms with Crippen LogP contribution in [0.5, 0.6) is 0 Å². The molecule has 25 heavy (non-hydrogen) atoms. The van der Waals surface area contributed by atoms with Crippen LogP contribution in [0, 0.1) is 23.4 Å². The number of benzene rings is 2. The summed E-state index contributed by atoms with van der Waals surface area (Å²) >= 11 is 6.78.